The number of aryl methyl sites for hydroxylation is 1. The van der Waals surface area contributed by atoms with Gasteiger partial charge >= 0.3 is 0 Å². The van der Waals surface area contributed by atoms with Crippen molar-refractivity contribution in [3.8, 4) is 0 Å². The second kappa shape index (κ2) is 10.7. The summed E-state index contributed by atoms with van der Waals surface area (Å²) in [5, 5.41) is 3.54. The molecule has 2 aromatic rings. The lowest BCUT2D eigenvalue weighted by Crippen LogP contribution is -2.47. The van der Waals surface area contributed by atoms with Crippen molar-refractivity contribution in [1.29, 1.82) is 0 Å². The largest absolute Gasteiger partial charge is 0.354 e. The summed E-state index contributed by atoms with van der Waals surface area (Å²) in [5.74, 6) is -0.184. The quantitative estimate of drug-likeness (QED) is 0.701. The van der Waals surface area contributed by atoms with E-state index in [4.69, 9.17) is 11.6 Å². The highest BCUT2D eigenvalue weighted by molar-refractivity contribution is 6.31. The summed E-state index contributed by atoms with van der Waals surface area (Å²) < 4.78 is 0. The number of nitrogens with one attached hydrogen (secondary N) is 1. The van der Waals surface area contributed by atoms with Gasteiger partial charge in [-0.25, -0.2) is 0 Å². The van der Waals surface area contributed by atoms with Crippen LogP contribution in [0.4, 0.5) is 0 Å². The molecule has 27 heavy (non-hydrogen) atoms. The molecule has 0 aliphatic rings. The topological polar surface area (TPSA) is 49.4 Å². The van der Waals surface area contributed by atoms with Gasteiger partial charge in [0.25, 0.3) is 0 Å². The van der Waals surface area contributed by atoms with Gasteiger partial charge in [0.2, 0.25) is 11.8 Å². The van der Waals surface area contributed by atoms with Crippen LogP contribution >= 0.6 is 11.6 Å². The van der Waals surface area contributed by atoms with E-state index >= 15 is 0 Å². The van der Waals surface area contributed by atoms with Crippen molar-refractivity contribution < 1.29 is 9.59 Å². The first-order valence-corrected chi connectivity index (χ1v) is 9.75. The fraction of sp³-hybridized carbons (Fsp3) is 0.364. The molecule has 2 rings (SSSR count). The summed E-state index contributed by atoms with van der Waals surface area (Å²) in [6.45, 7) is 4.79. The second-order valence-corrected chi connectivity index (χ2v) is 6.97. The highest BCUT2D eigenvalue weighted by atomic mass is 35.5. The lowest BCUT2D eigenvalue weighted by atomic mass is 10.1. The van der Waals surface area contributed by atoms with Crippen LogP contribution in [-0.4, -0.2) is 29.3 Å². The van der Waals surface area contributed by atoms with Gasteiger partial charge in [0.15, 0.2) is 0 Å². The molecule has 0 aliphatic heterocycles. The maximum atomic E-state index is 13.0. The van der Waals surface area contributed by atoms with E-state index in [1.54, 1.807) is 11.8 Å². The Labute approximate surface area is 166 Å². The summed E-state index contributed by atoms with van der Waals surface area (Å²) in [7, 11) is 0. The summed E-state index contributed by atoms with van der Waals surface area (Å²) in [6.07, 6.45) is 1.71. The molecule has 0 saturated heterocycles. The van der Waals surface area contributed by atoms with Gasteiger partial charge in [0, 0.05) is 24.5 Å². The van der Waals surface area contributed by atoms with Gasteiger partial charge in [-0.1, -0.05) is 67.1 Å². The average molecular weight is 387 g/mol. The molecule has 0 radical (unpaired) electrons. The Kier molecular flexibility index (Phi) is 8.34. The van der Waals surface area contributed by atoms with Crippen molar-refractivity contribution in [2.75, 3.05) is 6.54 Å². The van der Waals surface area contributed by atoms with Crippen molar-refractivity contribution in [3.63, 3.8) is 0 Å². The minimum absolute atomic E-state index is 0.0575. The van der Waals surface area contributed by atoms with Crippen molar-refractivity contribution in [2.24, 2.45) is 0 Å². The summed E-state index contributed by atoms with van der Waals surface area (Å²) >= 11 is 6.20. The summed E-state index contributed by atoms with van der Waals surface area (Å²) in [6, 6.07) is 16.7. The smallest absolute Gasteiger partial charge is 0.242 e. The van der Waals surface area contributed by atoms with Crippen LogP contribution in [0.15, 0.2) is 54.6 Å². The van der Waals surface area contributed by atoms with Crippen LogP contribution in [0.3, 0.4) is 0 Å². The van der Waals surface area contributed by atoms with Gasteiger partial charge in [0.05, 0.1) is 0 Å². The van der Waals surface area contributed by atoms with Gasteiger partial charge in [-0.3, -0.25) is 9.59 Å². The molecular formula is C22H27ClN2O2. The van der Waals surface area contributed by atoms with E-state index in [9.17, 15) is 9.59 Å². The molecule has 0 unspecified atom stereocenters. The molecule has 144 valence electrons. The predicted octanol–water partition coefficient (Wildman–Crippen LogP) is 4.22. The molecule has 5 heteroatoms. The SMILES string of the molecule is CCCNC(=O)[C@@H](C)N(Cc1ccccc1)C(=O)CCc1ccccc1Cl. The van der Waals surface area contributed by atoms with Gasteiger partial charge in [-0.15, -0.1) is 0 Å². The van der Waals surface area contributed by atoms with Crippen molar-refractivity contribution >= 4 is 23.4 Å². The summed E-state index contributed by atoms with van der Waals surface area (Å²) in [5.41, 5.74) is 1.94. The van der Waals surface area contributed by atoms with Crippen molar-refractivity contribution in [2.45, 2.75) is 45.7 Å². The highest BCUT2D eigenvalue weighted by Gasteiger charge is 2.25. The number of hydrogen-bond donors (Lipinski definition) is 1. The first-order valence-electron chi connectivity index (χ1n) is 9.37. The van der Waals surface area contributed by atoms with Crippen LogP contribution in [0.2, 0.25) is 5.02 Å². The fourth-order valence-corrected chi connectivity index (χ4v) is 3.08. The molecule has 0 aliphatic carbocycles. The average Bonchev–Trinajstić information content (AvgIpc) is 2.69. The van der Waals surface area contributed by atoms with Gasteiger partial charge in [-0.05, 0) is 37.0 Å². The third-order valence-corrected chi connectivity index (χ3v) is 4.85. The zero-order valence-electron chi connectivity index (χ0n) is 16.0. The molecular weight excluding hydrogens is 360 g/mol. The number of carbonyl (C=O) groups excluding carboxylic acids is 2. The van der Waals surface area contributed by atoms with Crippen LogP contribution in [0, 0.1) is 0 Å². The number of rotatable bonds is 9. The summed E-state index contributed by atoms with van der Waals surface area (Å²) in [4.78, 5) is 27.0. The van der Waals surface area contributed by atoms with E-state index in [2.05, 4.69) is 5.32 Å². The number of carbonyl (C=O) groups is 2. The molecule has 0 saturated carbocycles. The molecule has 0 heterocycles. The number of benzene rings is 2. The number of amides is 2. The molecule has 2 aromatic carbocycles. The first kappa shape index (κ1) is 21.0. The van der Waals surface area contributed by atoms with Gasteiger partial charge in [-0.2, -0.15) is 0 Å². The van der Waals surface area contributed by atoms with E-state index in [-0.39, 0.29) is 11.8 Å². The predicted molar refractivity (Wildman–Crippen MR) is 110 cm³/mol. The first-order chi connectivity index (χ1) is 13.0. The zero-order chi connectivity index (χ0) is 19.6. The molecule has 1 N–H and O–H groups in total. The molecule has 0 fully saturated rings. The Bertz CT molecular complexity index is 749. The Morgan fingerprint density at radius 1 is 1.07 bits per heavy atom. The van der Waals surface area contributed by atoms with Gasteiger partial charge in [0.1, 0.15) is 6.04 Å². The molecule has 0 bridgehead atoms. The lowest BCUT2D eigenvalue weighted by molar-refractivity contribution is -0.140. The Morgan fingerprint density at radius 2 is 1.74 bits per heavy atom. The number of nitrogens with zero attached hydrogens (tertiary/aromatic N) is 1. The maximum Gasteiger partial charge on any atom is 0.242 e. The van der Waals surface area contributed by atoms with Crippen molar-refractivity contribution in [3.05, 3.63) is 70.7 Å². The van der Waals surface area contributed by atoms with Gasteiger partial charge < -0.3 is 10.2 Å². The zero-order valence-corrected chi connectivity index (χ0v) is 16.7. The normalized spacial score (nSPS) is 11.7. The van der Waals surface area contributed by atoms with Crippen LogP contribution < -0.4 is 5.32 Å². The van der Waals surface area contributed by atoms with E-state index < -0.39 is 6.04 Å². The second-order valence-electron chi connectivity index (χ2n) is 6.57. The van der Waals surface area contributed by atoms with Crippen LogP contribution in [-0.2, 0) is 22.6 Å². The molecule has 4 nitrogen and oxygen atoms in total. The molecule has 1 atom stereocenters. The number of hydrogen-bond acceptors (Lipinski definition) is 2. The molecule has 0 spiro atoms. The van der Waals surface area contributed by atoms with Crippen LogP contribution in [0.25, 0.3) is 0 Å². The third-order valence-electron chi connectivity index (χ3n) is 4.48. The third kappa shape index (κ3) is 6.40. The Morgan fingerprint density at radius 3 is 2.41 bits per heavy atom. The molecule has 0 aromatic heterocycles. The Balaban J connectivity index is 2.11. The van der Waals surface area contributed by atoms with E-state index in [0.717, 1.165) is 17.5 Å². The monoisotopic (exact) mass is 386 g/mol. The lowest BCUT2D eigenvalue weighted by Gasteiger charge is -2.29. The number of halogens is 1. The van der Waals surface area contributed by atoms with Crippen molar-refractivity contribution in [1.82, 2.24) is 10.2 Å². The highest BCUT2D eigenvalue weighted by Crippen LogP contribution is 2.18. The minimum atomic E-state index is -0.532. The Hall–Kier alpha value is -2.33. The van der Waals surface area contributed by atoms with Crippen LogP contribution in [0.1, 0.15) is 37.8 Å². The van der Waals surface area contributed by atoms with E-state index in [1.807, 2.05) is 61.5 Å². The van der Waals surface area contributed by atoms with E-state index in [1.165, 1.54) is 0 Å². The standard InChI is InChI=1S/C22H27ClN2O2/c1-3-15-24-22(27)17(2)25(16-18-9-5-4-6-10-18)21(26)14-13-19-11-7-8-12-20(19)23/h4-12,17H,3,13-16H2,1-2H3,(H,24,27)/t17-/m1/s1. The molecule has 2 amide bonds. The fourth-order valence-electron chi connectivity index (χ4n) is 2.85. The van der Waals surface area contributed by atoms with E-state index in [0.29, 0.717) is 31.0 Å². The minimum Gasteiger partial charge on any atom is -0.354 e. The maximum absolute atomic E-state index is 13.0. The van der Waals surface area contributed by atoms with Crippen LogP contribution in [0.5, 0.6) is 0 Å².